The molecule has 5 nitrogen and oxygen atoms in total. The van der Waals surface area contributed by atoms with Gasteiger partial charge in [0.2, 0.25) is 11.8 Å². The first-order valence-corrected chi connectivity index (χ1v) is 12.1. The number of aryl methyl sites for hydroxylation is 1. The summed E-state index contributed by atoms with van der Waals surface area (Å²) in [6.45, 7) is 10.2. The molecule has 0 aliphatic rings. The van der Waals surface area contributed by atoms with E-state index in [1.165, 1.54) is 5.56 Å². The largest absolute Gasteiger partial charge is 0.497 e. The van der Waals surface area contributed by atoms with Crippen LogP contribution in [-0.2, 0) is 16.1 Å². The van der Waals surface area contributed by atoms with E-state index in [1.54, 1.807) is 23.8 Å². The van der Waals surface area contributed by atoms with Gasteiger partial charge in [-0.3, -0.25) is 9.59 Å². The highest BCUT2D eigenvalue weighted by Crippen LogP contribution is 2.22. The molecule has 32 heavy (non-hydrogen) atoms. The molecule has 0 bridgehead atoms. The maximum Gasteiger partial charge on any atom is 0.243 e. The zero-order chi connectivity index (χ0) is 23.7. The van der Waals surface area contributed by atoms with Crippen LogP contribution in [0.3, 0.4) is 0 Å². The van der Waals surface area contributed by atoms with E-state index in [1.807, 2.05) is 52.0 Å². The zero-order valence-electron chi connectivity index (χ0n) is 20.1. The minimum atomic E-state index is -0.520. The monoisotopic (exact) mass is 456 g/mol. The van der Waals surface area contributed by atoms with E-state index >= 15 is 0 Å². The van der Waals surface area contributed by atoms with E-state index in [2.05, 4.69) is 36.5 Å². The van der Waals surface area contributed by atoms with Gasteiger partial charge in [-0.05, 0) is 63.9 Å². The lowest BCUT2D eigenvalue weighted by atomic mass is 10.1. The number of hydrogen-bond donors (Lipinski definition) is 1. The number of amides is 2. The highest BCUT2D eigenvalue weighted by molar-refractivity contribution is 7.99. The lowest BCUT2D eigenvalue weighted by molar-refractivity contribution is -0.141. The Balaban J connectivity index is 2.15. The Morgan fingerprint density at radius 3 is 2.22 bits per heavy atom. The number of hydrogen-bond acceptors (Lipinski definition) is 4. The predicted octanol–water partition coefficient (Wildman–Crippen LogP) is 5.21. The summed E-state index contributed by atoms with van der Waals surface area (Å²) < 4.78 is 5.24. The number of carbonyl (C=O) groups excluding carboxylic acids is 2. The molecule has 2 amide bonds. The molecular weight excluding hydrogens is 420 g/mol. The molecule has 2 aromatic carbocycles. The molecule has 0 unspecified atom stereocenters. The fourth-order valence-corrected chi connectivity index (χ4v) is 4.18. The summed E-state index contributed by atoms with van der Waals surface area (Å²) >= 11 is 1.66. The van der Waals surface area contributed by atoms with Crippen LogP contribution in [0.15, 0.2) is 53.4 Å². The molecule has 0 heterocycles. The van der Waals surface area contributed by atoms with Crippen LogP contribution in [0.4, 0.5) is 0 Å². The Morgan fingerprint density at radius 1 is 1.06 bits per heavy atom. The van der Waals surface area contributed by atoms with Crippen molar-refractivity contribution in [1.29, 1.82) is 0 Å². The van der Waals surface area contributed by atoms with E-state index < -0.39 is 6.04 Å². The minimum absolute atomic E-state index is 0.0173. The van der Waals surface area contributed by atoms with Crippen LogP contribution in [0.2, 0.25) is 0 Å². The van der Waals surface area contributed by atoms with Gasteiger partial charge in [-0.1, -0.05) is 36.8 Å². The number of ether oxygens (including phenoxy) is 1. The Morgan fingerprint density at radius 2 is 1.69 bits per heavy atom. The van der Waals surface area contributed by atoms with Crippen molar-refractivity contribution in [2.24, 2.45) is 0 Å². The fraction of sp³-hybridized carbons (Fsp3) is 0.462. The molecule has 1 N–H and O–H groups in total. The van der Waals surface area contributed by atoms with Gasteiger partial charge >= 0.3 is 0 Å². The van der Waals surface area contributed by atoms with Crippen molar-refractivity contribution in [3.05, 3.63) is 59.7 Å². The van der Waals surface area contributed by atoms with E-state index in [4.69, 9.17) is 4.74 Å². The van der Waals surface area contributed by atoms with Crippen molar-refractivity contribution in [3.8, 4) is 5.75 Å². The van der Waals surface area contributed by atoms with Crippen LogP contribution < -0.4 is 10.1 Å². The van der Waals surface area contributed by atoms with Gasteiger partial charge < -0.3 is 15.0 Å². The van der Waals surface area contributed by atoms with Crippen LogP contribution in [0, 0.1) is 6.92 Å². The molecular formula is C26H36N2O3S. The standard InChI is InChI=1S/C26H36N2O3S/c1-7-23(25(30)27-26(3,4)5)28(18-20-10-12-21(31-6)13-11-20)24(29)16-17-32-22-14-8-19(2)9-15-22/h8-15,23H,7,16-18H2,1-6H3,(H,27,30)/t23-/m1/s1. The van der Waals surface area contributed by atoms with Gasteiger partial charge in [0.05, 0.1) is 7.11 Å². The highest BCUT2D eigenvalue weighted by Gasteiger charge is 2.30. The molecule has 0 spiro atoms. The summed E-state index contributed by atoms with van der Waals surface area (Å²) in [7, 11) is 1.63. The molecule has 6 heteroatoms. The van der Waals surface area contributed by atoms with Crippen LogP contribution in [0.25, 0.3) is 0 Å². The summed E-state index contributed by atoms with van der Waals surface area (Å²) in [5.74, 6) is 1.29. The molecule has 2 aromatic rings. The molecule has 0 saturated heterocycles. The third-order valence-corrected chi connectivity index (χ3v) is 6.02. The van der Waals surface area contributed by atoms with Gasteiger partial charge in [-0.2, -0.15) is 0 Å². The first kappa shape index (κ1) is 25.8. The second-order valence-electron chi connectivity index (χ2n) is 8.94. The third-order valence-electron chi connectivity index (χ3n) is 5.00. The molecule has 0 aliphatic carbocycles. The maximum atomic E-state index is 13.3. The minimum Gasteiger partial charge on any atom is -0.497 e. The van der Waals surface area contributed by atoms with E-state index in [9.17, 15) is 9.59 Å². The van der Waals surface area contributed by atoms with E-state index in [0.717, 1.165) is 16.2 Å². The smallest absolute Gasteiger partial charge is 0.243 e. The molecule has 2 rings (SSSR count). The number of nitrogens with one attached hydrogen (secondary N) is 1. The van der Waals surface area contributed by atoms with Crippen molar-refractivity contribution < 1.29 is 14.3 Å². The van der Waals surface area contributed by atoms with Crippen molar-refractivity contribution in [3.63, 3.8) is 0 Å². The van der Waals surface area contributed by atoms with Gasteiger partial charge in [-0.25, -0.2) is 0 Å². The molecule has 1 atom stereocenters. The number of nitrogens with zero attached hydrogens (tertiary/aromatic N) is 1. The molecule has 0 radical (unpaired) electrons. The van der Waals surface area contributed by atoms with Gasteiger partial charge in [0.1, 0.15) is 11.8 Å². The van der Waals surface area contributed by atoms with Gasteiger partial charge in [0, 0.05) is 29.2 Å². The van der Waals surface area contributed by atoms with Crippen molar-refractivity contribution in [2.75, 3.05) is 12.9 Å². The number of thioether (sulfide) groups is 1. The normalized spacial score (nSPS) is 12.2. The second kappa shape index (κ2) is 12.0. The second-order valence-corrected chi connectivity index (χ2v) is 10.1. The Kier molecular flexibility index (Phi) is 9.63. The number of methoxy groups -OCH3 is 1. The topological polar surface area (TPSA) is 58.6 Å². The molecule has 0 saturated carbocycles. The van der Waals surface area contributed by atoms with E-state index in [0.29, 0.717) is 25.1 Å². The first-order valence-electron chi connectivity index (χ1n) is 11.1. The lowest BCUT2D eigenvalue weighted by Gasteiger charge is -2.33. The zero-order valence-corrected chi connectivity index (χ0v) is 20.9. The van der Waals surface area contributed by atoms with Crippen molar-refractivity contribution in [1.82, 2.24) is 10.2 Å². The number of benzene rings is 2. The summed E-state index contributed by atoms with van der Waals surface area (Å²) in [4.78, 5) is 29.2. The molecule has 174 valence electrons. The van der Waals surface area contributed by atoms with Crippen LogP contribution in [0.5, 0.6) is 5.75 Å². The summed E-state index contributed by atoms with van der Waals surface area (Å²) in [6, 6.07) is 15.4. The third kappa shape index (κ3) is 8.23. The Hall–Kier alpha value is -2.47. The highest BCUT2D eigenvalue weighted by atomic mass is 32.2. The molecule has 0 aromatic heterocycles. The summed E-state index contributed by atoms with van der Waals surface area (Å²) in [5, 5.41) is 3.04. The average molecular weight is 457 g/mol. The first-order chi connectivity index (χ1) is 15.1. The average Bonchev–Trinajstić information content (AvgIpc) is 2.74. The Bertz CT molecular complexity index is 873. The number of rotatable bonds is 10. The van der Waals surface area contributed by atoms with Gasteiger partial charge in [-0.15, -0.1) is 11.8 Å². The number of carbonyl (C=O) groups is 2. The van der Waals surface area contributed by atoms with Crippen molar-refractivity contribution in [2.45, 2.75) is 70.5 Å². The molecule has 0 fully saturated rings. The van der Waals surface area contributed by atoms with Gasteiger partial charge in [0.25, 0.3) is 0 Å². The Labute approximate surface area is 196 Å². The fourth-order valence-electron chi connectivity index (χ4n) is 3.33. The van der Waals surface area contributed by atoms with Crippen LogP contribution in [0.1, 0.15) is 51.7 Å². The summed E-state index contributed by atoms with van der Waals surface area (Å²) in [5.41, 5.74) is 1.82. The molecule has 0 aliphatic heterocycles. The van der Waals surface area contributed by atoms with Crippen LogP contribution in [-0.4, -0.2) is 41.2 Å². The van der Waals surface area contributed by atoms with Gasteiger partial charge in [0.15, 0.2) is 0 Å². The summed E-state index contributed by atoms with van der Waals surface area (Å²) in [6.07, 6.45) is 0.920. The van der Waals surface area contributed by atoms with E-state index in [-0.39, 0.29) is 17.4 Å². The quantitative estimate of drug-likeness (QED) is 0.499. The van der Waals surface area contributed by atoms with Crippen LogP contribution >= 0.6 is 11.8 Å². The SMILES string of the molecule is CC[C@H](C(=O)NC(C)(C)C)N(Cc1ccc(OC)cc1)C(=O)CCSc1ccc(C)cc1. The maximum absolute atomic E-state index is 13.3. The lowest BCUT2D eigenvalue weighted by Crippen LogP contribution is -2.53. The predicted molar refractivity (Wildman–Crippen MR) is 132 cm³/mol. The van der Waals surface area contributed by atoms with Crippen molar-refractivity contribution >= 4 is 23.6 Å².